The lowest BCUT2D eigenvalue weighted by Crippen LogP contribution is -2.08. The third-order valence-corrected chi connectivity index (χ3v) is 6.31. The number of H-pyrrole nitrogens is 1. The van der Waals surface area contributed by atoms with Crippen LogP contribution in [0, 0.1) is 0 Å². The number of fused-ring (bicyclic) bond motifs is 1. The summed E-state index contributed by atoms with van der Waals surface area (Å²) in [6, 6.07) is 28.8. The molecule has 5 aromatic rings. The summed E-state index contributed by atoms with van der Waals surface area (Å²) in [5.41, 5.74) is 10.2. The summed E-state index contributed by atoms with van der Waals surface area (Å²) in [7, 11) is 8.19. The number of carbonyl (C=O) groups is 1. The highest BCUT2D eigenvalue weighted by Gasteiger charge is 2.16. The van der Waals surface area contributed by atoms with Crippen molar-refractivity contribution in [1.29, 1.82) is 0 Å². The second kappa shape index (κ2) is 9.11. The number of carbonyl (C=O) groups excluding carboxylic acids is 1. The minimum atomic E-state index is 0.646. The van der Waals surface area contributed by atoms with Crippen LogP contribution in [0.4, 0.5) is 11.4 Å². The van der Waals surface area contributed by atoms with Gasteiger partial charge in [-0.25, -0.2) is 4.98 Å². The first-order valence-corrected chi connectivity index (χ1v) is 11.6. The number of rotatable bonds is 6. The molecule has 0 saturated heterocycles. The maximum atomic E-state index is 11.1. The maximum absolute atomic E-state index is 11.1. The monoisotopic (exact) mass is 460 g/mol. The molecule has 0 aliphatic carbocycles. The molecule has 35 heavy (non-hydrogen) atoms. The fourth-order valence-electron chi connectivity index (χ4n) is 4.32. The fourth-order valence-corrected chi connectivity index (χ4v) is 4.32. The van der Waals surface area contributed by atoms with Gasteiger partial charge < -0.3 is 14.8 Å². The number of nitrogens with one attached hydrogen (secondary N) is 1. The van der Waals surface area contributed by atoms with Crippen LogP contribution in [0.15, 0.2) is 84.9 Å². The smallest absolute Gasteiger partial charge is 0.150 e. The van der Waals surface area contributed by atoms with Crippen LogP contribution in [0.5, 0.6) is 0 Å². The molecule has 0 saturated carbocycles. The number of imidazole rings is 1. The minimum Gasteiger partial charge on any atom is -0.378 e. The van der Waals surface area contributed by atoms with E-state index in [2.05, 4.69) is 75.4 Å². The van der Waals surface area contributed by atoms with Crippen LogP contribution in [-0.4, -0.2) is 44.4 Å². The van der Waals surface area contributed by atoms with Crippen LogP contribution < -0.4 is 9.80 Å². The van der Waals surface area contributed by atoms with E-state index in [1.165, 1.54) is 0 Å². The summed E-state index contributed by atoms with van der Waals surface area (Å²) in [5.74, 6) is 0.777. The molecule has 174 valence electrons. The van der Waals surface area contributed by atoms with E-state index in [0.717, 1.165) is 62.3 Å². The number of aldehydes is 1. The topological polar surface area (TPSA) is 52.2 Å². The Kier molecular flexibility index (Phi) is 5.83. The Morgan fingerprint density at radius 1 is 0.686 bits per heavy atom. The van der Waals surface area contributed by atoms with E-state index in [1.54, 1.807) is 0 Å². The lowest BCUT2D eigenvalue weighted by molar-refractivity contribution is 0.112. The standard InChI is InChI=1S/C30H28N4O/c1-33(2)24-9-5-7-22(17-24)26-15-16-27(23-8-6-10-25(18-23)34(3)4)29-28(26)31-30(32-29)21-13-11-20(19-35)12-14-21/h5-19H,1-4H3,(H,31,32). The van der Waals surface area contributed by atoms with Gasteiger partial charge in [-0.3, -0.25) is 4.79 Å². The van der Waals surface area contributed by atoms with Gasteiger partial charge in [0, 0.05) is 61.8 Å². The SMILES string of the molecule is CN(C)c1cccc(-c2ccc(-c3cccc(N(C)C)c3)c3[nH]c(-c4ccc(C=O)cc4)nc23)c1. The normalized spacial score (nSPS) is 11.0. The summed E-state index contributed by atoms with van der Waals surface area (Å²) < 4.78 is 0. The van der Waals surface area contributed by atoms with Crippen LogP contribution in [0.3, 0.4) is 0 Å². The molecule has 0 amide bonds. The second-order valence-corrected chi connectivity index (χ2v) is 9.10. The summed E-state index contributed by atoms with van der Waals surface area (Å²) >= 11 is 0. The van der Waals surface area contributed by atoms with Crippen molar-refractivity contribution in [1.82, 2.24) is 9.97 Å². The van der Waals surface area contributed by atoms with Crippen LogP contribution in [0.2, 0.25) is 0 Å². The molecule has 5 nitrogen and oxygen atoms in total. The van der Waals surface area contributed by atoms with Gasteiger partial charge in [-0.15, -0.1) is 0 Å². The van der Waals surface area contributed by atoms with Crippen molar-refractivity contribution in [3.05, 3.63) is 90.5 Å². The first-order chi connectivity index (χ1) is 16.9. The van der Waals surface area contributed by atoms with Gasteiger partial charge in [-0.2, -0.15) is 0 Å². The highest BCUT2D eigenvalue weighted by atomic mass is 16.1. The zero-order valence-electron chi connectivity index (χ0n) is 20.4. The zero-order chi connectivity index (χ0) is 24.5. The largest absolute Gasteiger partial charge is 0.378 e. The highest BCUT2D eigenvalue weighted by molar-refractivity contribution is 6.02. The lowest BCUT2D eigenvalue weighted by Gasteiger charge is -2.15. The Morgan fingerprint density at radius 2 is 1.26 bits per heavy atom. The Labute approximate surface area is 205 Å². The summed E-state index contributed by atoms with van der Waals surface area (Å²) in [6.45, 7) is 0. The van der Waals surface area contributed by atoms with Gasteiger partial charge in [0.25, 0.3) is 0 Å². The number of nitrogens with zero attached hydrogens (tertiary/aromatic N) is 3. The van der Waals surface area contributed by atoms with Crippen molar-refractivity contribution < 1.29 is 4.79 Å². The molecular weight excluding hydrogens is 432 g/mol. The number of anilines is 2. The predicted molar refractivity (Wildman–Crippen MR) is 146 cm³/mol. The van der Waals surface area contributed by atoms with E-state index in [4.69, 9.17) is 4.98 Å². The molecule has 0 fully saturated rings. The number of aromatic amines is 1. The Morgan fingerprint density at radius 3 is 1.83 bits per heavy atom. The predicted octanol–water partition coefficient (Wildman–Crippen LogP) is 6.51. The second-order valence-electron chi connectivity index (χ2n) is 9.10. The molecule has 0 aliphatic rings. The van der Waals surface area contributed by atoms with Crippen molar-refractivity contribution in [2.45, 2.75) is 0 Å². The number of hydrogen-bond donors (Lipinski definition) is 1. The quantitative estimate of drug-likeness (QED) is 0.294. The van der Waals surface area contributed by atoms with Crippen molar-refractivity contribution in [2.75, 3.05) is 38.0 Å². The molecule has 0 atom stereocenters. The maximum Gasteiger partial charge on any atom is 0.150 e. The van der Waals surface area contributed by atoms with E-state index in [0.29, 0.717) is 5.56 Å². The molecule has 0 spiro atoms. The average molecular weight is 461 g/mol. The molecule has 0 radical (unpaired) electrons. The lowest BCUT2D eigenvalue weighted by atomic mass is 9.97. The van der Waals surface area contributed by atoms with E-state index < -0.39 is 0 Å². The summed E-state index contributed by atoms with van der Waals surface area (Å²) in [6.07, 6.45) is 0.855. The van der Waals surface area contributed by atoms with Crippen LogP contribution in [0.25, 0.3) is 44.7 Å². The van der Waals surface area contributed by atoms with Gasteiger partial charge >= 0.3 is 0 Å². The molecule has 1 N–H and O–H groups in total. The van der Waals surface area contributed by atoms with E-state index in [-0.39, 0.29) is 0 Å². The number of aromatic nitrogens is 2. The van der Waals surface area contributed by atoms with E-state index in [9.17, 15) is 4.79 Å². The highest BCUT2D eigenvalue weighted by Crippen LogP contribution is 2.37. The van der Waals surface area contributed by atoms with Crippen molar-refractivity contribution in [3.8, 4) is 33.6 Å². The van der Waals surface area contributed by atoms with Crippen LogP contribution >= 0.6 is 0 Å². The van der Waals surface area contributed by atoms with Crippen LogP contribution in [0.1, 0.15) is 10.4 Å². The minimum absolute atomic E-state index is 0.646. The number of benzene rings is 4. The molecule has 5 rings (SSSR count). The van der Waals surface area contributed by atoms with Gasteiger partial charge in [0.05, 0.1) is 11.0 Å². The van der Waals surface area contributed by atoms with E-state index >= 15 is 0 Å². The van der Waals surface area contributed by atoms with Gasteiger partial charge in [0.1, 0.15) is 12.1 Å². The van der Waals surface area contributed by atoms with Gasteiger partial charge in [0.2, 0.25) is 0 Å². The van der Waals surface area contributed by atoms with Crippen LogP contribution in [-0.2, 0) is 0 Å². The summed E-state index contributed by atoms with van der Waals surface area (Å²) in [5, 5.41) is 0. The Hall–Kier alpha value is -4.38. The fraction of sp³-hybridized carbons (Fsp3) is 0.133. The first kappa shape index (κ1) is 22.4. The Balaban J connectivity index is 1.74. The van der Waals surface area contributed by atoms with E-state index in [1.807, 2.05) is 52.5 Å². The molecule has 0 aliphatic heterocycles. The molecule has 0 unspecified atom stereocenters. The average Bonchev–Trinajstić information content (AvgIpc) is 3.34. The molecule has 4 aromatic carbocycles. The molecule has 1 aromatic heterocycles. The molecular formula is C30H28N4O. The van der Waals surface area contributed by atoms with Crippen molar-refractivity contribution in [3.63, 3.8) is 0 Å². The van der Waals surface area contributed by atoms with Crippen molar-refractivity contribution in [2.24, 2.45) is 0 Å². The third kappa shape index (κ3) is 4.28. The zero-order valence-corrected chi connectivity index (χ0v) is 20.4. The number of hydrogen-bond acceptors (Lipinski definition) is 4. The molecule has 1 heterocycles. The van der Waals surface area contributed by atoms with Gasteiger partial charge in [-0.1, -0.05) is 60.7 Å². The molecule has 0 bridgehead atoms. The van der Waals surface area contributed by atoms with Gasteiger partial charge in [0.15, 0.2) is 0 Å². The third-order valence-electron chi connectivity index (χ3n) is 6.31. The van der Waals surface area contributed by atoms with Crippen molar-refractivity contribution >= 4 is 28.7 Å². The molecule has 5 heteroatoms. The van der Waals surface area contributed by atoms with Gasteiger partial charge in [-0.05, 0) is 35.4 Å². The summed E-state index contributed by atoms with van der Waals surface area (Å²) in [4.78, 5) is 24.0. The first-order valence-electron chi connectivity index (χ1n) is 11.6. The Bertz CT molecular complexity index is 1430.